The molecule has 0 fully saturated rings. The molecule has 4 aliphatic rings. The van der Waals surface area contributed by atoms with Crippen LogP contribution < -0.4 is 10.6 Å². The quantitative estimate of drug-likeness (QED) is 0.615. The lowest BCUT2D eigenvalue weighted by Crippen LogP contribution is -2.38. The van der Waals surface area contributed by atoms with Gasteiger partial charge in [-0.1, -0.05) is 12.5 Å². The number of allylic oxidation sites excluding steroid dienone is 3. The van der Waals surface area contributed by atoms with E-state index in [-0.39, 0.29) is 11.7 Å². The Labute approximate surface area is 189 Å². The second kappa shape index (κ2) is 7.18. The minimum absolute atomic E-state index is 0.161. The molecular weight excluding hydrogens is 424 g/mol. The predicted molar refractivity (Wildman–Crippen MR) is 124 cm³/mol. The SMILES string of the molecule is N#CC1=C2N=C(N)c3c(sc4c3CCCCC4)N2C2=C(C(=O)CCC2)[C@H]1c1cccs1. The van der Waals surface area contributed by atoms with Gasteiger partial charge < -0.3 is 5.73 Å². The third-order valence-corrected chi connectivity index (χ3v) is 8.98. The van der Waals surface area contributed by atoms with Crippen LogP contribution in [0.1, 0.15) is 65.3 Å². The molecule has 0 unspecified atom stereocenters. The van der Waals surface area contributed by atoms with Crippen molar-refractivity contribution in [3.8, 4) is 6.07 Å². The summed E-state index contributed by atoms with van der Waals surface area (Å²) in [5.41, 5.74) is 11.3. The van der Waals surface area contributed by atoms with Crippen LogP contribution in [0.25, 0.3) is 0 Å². The number of amidine groups is 1. The molecule has 7 heteroatoms. The summed E-state index contributed by atoms with van der Waals surface area (Å²) in [6.07, 6.45) is 7.90. The topological polar surface area (TPSA) is 82.5 Å². The fourth-order valence-electron chi connectivity index (χ4n) is 5.43. The Balaban J connectivity index is 1.64. The normalized spacial score (nSPS) is 22.8. The highest BCUT2D eigenvalue weighted by Gasteiger charge is 2.44. The van der Waals surface area contributed by atoms with Crippen LogP contribution in [-0.4, -0.2) is 11.6 Å². The van der Waals surface area contributed by atoms with E-state index >= 15 is 0 Å². The molecule has 6 rings (SSSR count). The van der Waals surface area contributed by atoms with Crippen LogP contribution in [0.5, 0.6) is 0 Å². The van der Waals surface area contributed by atoms with E-state index in [4.69, 9.17) is 10.7 Å². The smallest absolute Gasteiger partial charge is 0.161 e. The van der Waals surface area contributed by atoms with Crippen LogP contribution in [0, 0.1) is 11.3 Å². The summed E-state index contributed by atoms with van der Waals surface area (Å²) in [7, 11) is 0. The second-order valence-corrected chi connectivity index (χ2v) is 10.6. The van der Waals surface area contributed by atoms with Crippen molar-refractivity contribution >= 4 is 39.3 Å². The third-order valence-electron chi connectivity index (χ3n) is 6.77. The molecule has 2 aromatic rings. The van der Waals surface area contributed by atoms with Gasteiger partial charge in [-0.05, 0) is 55.5 Å². The van der Waals surface area contributed by atoms with E-state index in [1.165, 1.54) is 29.7 Å². The van der Waals surface area contributed by atoms with Crippen molar-refractivity contribution in [2.45, 2.75) is 57.3 Å². The summed E-state index contributed by atoms with van der Waals surface area (Å²) in [5.74, 6) is 0.962. The van der Waals surface area contributed by atoms with E-state index < -0.39 is 0 Å². The lowest BCUT2D eigenvalue weighted by atomic mass is 9.78. The molecule has 2 N–H and O–H groups in total. The van der Waals surface area contributed by atoms with Crippen LogP contribution in [-0.2, 0) is 17.6 Å². The molecule has 2 aliphatic heterocycles. The lowest BCUT2D eigenvalue weighted by molar-refractivity contribution is -0.116. The number of carbonyl (C=O) groups is 1. The maximum absolute atomic E-state index is 13.2. The van der Waals surface area contributed by atoms with Gasteiger partial charge in [-0.3, -0.25) is 9.69 Å². The van der Waals surface area contributed by atoms with Crippen molar-refractivity contribution in [1.82, 2.24) is 0 Å². The number of carbonyl (C=O) groups excluding carboxylic acids is 1. The molecule has 0 spiro atoms. The van der Waals surface area contributed by atoms with E-state index in [9.17, 15) is 10.1 Å². The lowest BCUT2D eigenvalue weighted by Gasteiger charge is -2.40. The van der Waals surface area contributed by atoms with Crippen LogP contribution >= 0.6 is 22.7 Å². The first-order valence-electron chi connectivity index (χ1n) is 10.9. The number of nitriles is 1. The molecule has 0 bridgehead atoms. The van der Waals surface area contributed by atoms with Gasteiger partial charge in [0.05, 0.1) is 23.1 Å². The van der Waals surface area contributed by atoms with Crippen LogP contribution in [0.15, 0.2) is 45.2 Å². The maximum atomic E-state index is 13.2. The Kier molecular flexibility index (Phi) is 4.41. The molecule has 0 aromatic carbocycles. The fraction of sp³-hybridized carbons (Fsp3) is 0.375. The van der Waals surface area contributed by atoms with Crippen molar-refractivity contribution in [1.29, 1.82) is 5.26 Å². The number of ketones is 1. The monoisotopic (exact) mass is 446 g/mol. The first kappa shape index (κ1) is 19.0. The Bertz CT molecular complexity index is 1240. The molecule has 0 amide bonds. The summed E-state index contributed by atoms with van der Waals surface area (Å²) in [6.45, 7) is 0. The number of hydrogen-bond acceptors (Lipinski definition) is 7. The molecule has 2 aliphatic carbocycles. The zero-order chi connectivity index (χ0) is 21.1. The number of aryl methyl sites for hydroxylation is 1. The average molecular weight is 447 g/mol. The number of hydrogen-bond donors (Lipinski definition) is 1. The molecule has 0 radical (unpaired) electrons. The minimum Gasteiger partial charge on any atom is -0.383 e. The van der Waals surface area contributed by atoms with Gasteiger partial charge in [0.15, 0.2) is 11.6 Å². The minimum atomic E-state index is -0.338. The van der Waals surface area contributed by atoms with Crippen molar-refractivity contribution in [2.24, 2.45) is 10.7 Å². The highest BCUT2D eigenvalue weighted by atomic mass is 32.1. The Morgan fingerprint density at radius 3 is 2.84 bits per heavy atom. The maximum Gasteiger partial charge on any atom is 0.161 e. The van der Waals surface area contributed by atoms with Crippen LogP contribution in [0.2, 0.25) is 0 Å². The average Bonchev–Trinajstić information content (AvgIpc) is 3.36. The molecule has 31 heavy (non-hydrogen) atoms. The first-order valence-corrected chi connectivity index (χ1v) is 12.6. The molecule has 0 saturated carbocycles. The number of anilines is 1. The highest BCUT2D eigenvalue weighted by Crippen LogP contribution is 2.53. The van der Waals surface area contributed by atoms with Crippen LogP contribution in [0.3, 0.4) is 0 Å². The summed E-state index contributed by atoms with van der Waals surface area (Å²) < 4.78 is 0. The van der Waals surface area contributed by atoms with Crippen molar-refractivity contribution in [3.05, 3.63) is 61.1 Å². The Morgan fingerprint density at radius 2 is 2.03 bits per heavy atom. The van der Waals surface area contributed by atoms with Crippen molar-refractivity contribution in [3.63, 3.8) is 0 Å². The standard InChI is InChI=1S/C24H22N4OS2/c25-12-14-19(18-10-5-11-30-18)21-15(7-4-8-16(21)29)28-23(14)27-22(26)20-13-6-2-1-3-9-17(13)31-24(20)28/h5,10-11,19H,1-4,6-9H2,(H2,26,27)/t19-/m1/s1. The molecule has 5 nitrogen and oxygen atoms in total. The second-order valence-electron chi connectivity index (χ2n) is 8.51. The van der Waals surface area contributed by atoms with Gasteiger partial charge in [0.2, 0.25) is 0 Å². The zero-order valence-corrected chi connectivity index (χ0v) is 18.7. The van der Waals surface area contributed by atoms with Gasteiger partial charge in [0.25, 0.3) is 0 Å². The molecule has 1 atom stereocenters. The fourth-order valence-corrected chi connectivity index (χ4v) is 7.70. The van der Waals surface area contributed by atoms with E-state index in [1.807, 2.05) is 17.5 Å². The number of nitrogens with zero attached hydrogens (tertiary/aromatic N) is 3. The number of Topliss-reactive ketones (excluding diaryl/α,β-unsaturated/α-hetero) is 1. The number of thiophene rings is 2. The molecular formula is C24H22N4OS2. The zero-order valence-electron chi connectivity index (χ0n) is 17.1. The first-order chi connectivity index (χ1) is 15.2. The largest absolute Gasteiger partial charge is 0.383 e. The summed E-state index contributed by atoms with van der Waals surface area (Å²) in [4.78, 5) is 22.6. The van der Waals surface area contributed by atoms with Gasteiger partial charge >= 0.3 is 0 Å². The van der Waals surface area contributed by atoms with Gasteiger partial charge in [-0.25, -0.2) is 4.99 Å². The molecule has 156 valence electrons. The number of rotatable bonds is 1. The van der Waals surface area contributed by atoms with E-state index in [0.717, 1.165) is 52.4 Å². The molecule has 4 heterocycles. The van der Waals surface area contributed by atoms with Gasteiger partial charge in [0.1, 0.15) is 10.8 Å². The Morgan fingerprint density at radius 1 is 1.16 bits per heavy atom. The predicted octanol–water partition coefficient (Wildman–Crippen LogP) is 5.14. The van der Waals surface area contributed by atoms with E-state index in [2.05, 4.69) is 11.0 Å². The van der Waals surface area contributed by atoms with Crippen LogP contribution in [0.4, 0.5) is 5.00 Å². The number of fused-ring (bicyclic) bond motifs is 6. The van der Waals surface area contributed by atoms with E-state index in [0.29, 0.717) is 23.7 Å². The Hall–Kier alpha value is -2.69. The summed E-state index contributed by atoms with van der Waals surface area (Å²) >= 11 is 3.38. The van der Waals surface area contributed by atoms with Gasteiger partial charge in [-0.15, -0.1) is 22.7 Å². The molecule has 0 saturated heterocycles. The molecule has 2 aromatic heterocycles. The third kappa shape index (κ3) is 2.71. The van der Waals surface area contributed by atoms with E-state index in [1.54, 1.807) is 22.7 Å². The number of aliphatic imine (C=N–C) groups is 1. The highest BCUT2D eigenvalue weighted by molar-refractivity contribution is 7.17. The van der Waals surface area contributed by atoms with Gasteiger partial charge in [-0.2, -0.15) is 5.26 Å². The summed E-state index contributed by atoms with van der Waals surface area (Å²) in [6, 6.07) is 6.41. The summed E-state index contributed by atoms with van der Waals surface area (Å²) in [5, 5.41) is 13.3. The van der Waals surface area contributed by atoms with Crippen molar-refractivity contribution in [2.75, 3.05) is 4.90 Å². The number of nitrogens with two attached hydrogens (primary N) is 1. The van der Waals surface area contributed by atoms with Crippen molar-refractivity contribution < 1.29 is 4.79 Å². The van der Waals surface area contributed by atoms with Gasteiger partial charge in [0, 0.05) is 27.4 Å².